The molecule has 0 saturated carbocycles. The Morgan fingerprint density at radius 3 is 2.80 bits per heavy atom. The Kier molecular flexibility index (Phi) is 3.62. The Morgan fingerprint density at radius 1 is 1.40 bits per heavy atom. The molecular formula is C14H10FN3O2. The number of nitrogens with one attached hydrogen (secondary N) is 2. The molecule has 0 aliphatic carbocycles. The molecule has 5 nitrogen and oxygen atoms in total. The van der Waals surface area contributed by atoms with E-state index in [0.717, 1.165) is 12.1 Å². The van der Waals surface area contributed by atoms with E-state index in [9.17, 15) is 14.0 Å². The second-order valence-electron chi connectivity index (χ2n) is 4.15. The highest BCUT2D eigenvalue weighted by atomic mass is 19.1. The van der Waals surface area contributed by atoms with Crippen LogP contribution in [0.25, 0.3) is 0 Å². The van der Waals surface area contributed by atoms with Gasteiger partial charge in [0.25, 0.3) is 5.91 Å². The van der Waals surface area contributed by atoms with Gasteiger partial charge in [-0.3, -0.25) is 9.59 Å². The normalized spacial score (nSPS) is 9.85. The monoisotopic (exact) mass is 271 g/mol. The quantitative estimate of drug-likeness (QED) is 0.875. The number of benzene rings is 1. The molecule has 2 N–H and O–H groups in total. The molecule has 20 heavy (non-hydrogen) atoms. The van der Waals surface area contributed by atoms with Gasteiger partial charge in [-0.15, -0.1) is 0 Å². The van der Waals surface area contributed by atoms with Crippen LogP contribution >= 0.6 is 0 Å². The van der Waals surface area contributed by atoms with Crippen LogP contribution in [0.15, 0.2) is 35.3 Å². The summed E-state index contributed by atoms with van der Waals surface area (Å²) in [4.78, 5) is 26.4. The number of hydrogen-bond donors (Lipinski definition) is 2. The zero-order chi connectivity index (χ0) is 14.7. The lowest BCUT2D eigenvalue weighted by Crippen LogP contribution is -2.22. The highest BCUT2D eigenvalue weighted by molar-refractivity contribution is 6.04. The molecular weight excluding hydrogens is 261 g/mol. The van der Waals surface area contributed by atoms with Crippen molar-refractivity contribution in [3.05, 3.63) is 63.3 Å². The van der Waals surface area contributed by atoms with Crippen molar-refractivity contribution in [3.63, 3.8) is 0 Å². The first-order valence-electron chi connectivity index (χ1n) is 5.71. The van der Waals surface area contributed by atoms with Crippen molar-refractivity contribution >= 4 is 11.6 Å². The number of carbonyl (C=O) groups excluding carboxylic acids is 1. The number of rotatable bonds is 2. The topological polar surface area (TPSA) is 85.8 Å². The van der Waals surface area contributed by atoms with Gasteiger partial charge in [0.15, 0.2) is 5.43 Å². The maximum absolute atomic E-state index is 13.0. The Bertz CT molecular complexity index is 775. The summed E-state index contributed by atoms with van der Waals surface area (Å²) in [6, 6.07) is 6.47. The van der Waals surface area contributed by atoms with Crippen molar-refractivity contribution in [3.8, 4) is 6.07 Å². The largest absolute Gasteiger partial charge is 0.364 e. The zero-order valence-corrected chi connectivity index (χ0v) is 10.5. The minimum absolute atomic E-state index is 0.0121. The fourth-order valence-corrected chi connectivity index (χ4v) is 1.66. The second kappa shape index (κ2) is 5.36. The molecule has 2 aromatic rings. The van der Waals surface area contributed by atoms with E-state index in [4.69, 9.17) is 5.26 Å². The van der Waals surface area contributed by atoms with Gasteiger partial charge in [0, 0.05) is 18.0 Å². The summed E-state index contributed by atoms with van der Waals surface area (Å²) in [5.74, 6) is -1.23. The van der Waals surface area contributed by atoms with Crippen molar-refractivity contribution < 1.29 is 9.18 Å². The maximum Gasteiger partial charge on any atom is 0.261 e. The van der Waals surface area contributed by atoms with E-state index >= 15 is 0 Å². The third kappa shape index (κ3) is 2.72. The van der Waals surface area contributed by atoms with E-state index in [1.54, 1.807) is 13.0 Å². The van der Waals surface area contributed by atoms with Gasteiger partial charge >= 0.3 is 0 Å². The number of nitrogens with zero attached hydrogens (tertiary/aromatic N) is 1. The SMILES string of the molecule is Cc1cc(=O)c(C(=O)Nc2ccc(F)cc2C#N)c[nH]1. The Labute approximate surface area is 113 Å². The highest BCUT2D eigenvalue weighted by Crippen LogP contribution is 2.16. The number of H-pyrrole nitrogens is 1. The number of aryl methyl sites for hydroxylation is 1. The molecule has 100 valence electrons. The summed E-state index contributed by atoms with van der Waals surface area (Å²) in [6.07, 6.45) is 1.29. The number of amides is 1. The van der Waals surface area contributed by atoms with Crippen LogP contribution in [0.2, 0.25) is 0 Å². The predicted octanol–water partition coefficient (Wildman–Crippen LogP) is 1.95. The summed E-state index contributed by atoms with van der Waals surface area (Å²) in [5.41, 5.74) is 0.259. The van der Waals surface area contributed by atoms with Gasteiger partial charge in [-0.25, -0.2) is 4.39 Å². The molecule has 0 atom stereocenters. The van der Waals surface area contributed by atoms with Crippen molar-refractivity contribution in [2.75, 3.05) is 5.32 Å². The number of carbonyl (C=O) groups is 1. The Hall–Kier alpha value is -2.94. The van der Waals surface area contributed by atoms with E-state index in [0.29, 0.717) is 5.69 Å². The van der Waals surface area contributed by atoms with Crippen LogP contribution in [0.3, 0.4) is 0 Å². The van der Waals surface area contributed by atoms with Gasteiger partial charge in [0.1, 0.15) is 17.4 Å². The van der Waals surface area contributed by atoms with Crippen LogP contribution in [0.1, 0.15) is 21.6 Å². The van der Waals surface area contributed by atoms with E-state index in [1.807, 2.05) is 0 Å². The smallest absolute Gasteiger partial charge is 0.261 e. The van der Waals surface area contributed by atoms with Gasteiger partial charge in [0.2, 0.25) is 0 Å². The number of aromatic nitrogens is 1. The van der Waals surface area contributed by atoms with Crippen LogP contribution < -0.4 is 10.7 Å². The number of halogens is 1. The molecule has 0 spiro atoms. The van der Waals surface area contributed by atoms with Crippen LogP contribution in [0.4, 0.5) is 10.1 Å². The number of nitriles is 1. The molecule has 6 heteroatoms. The van der Waals surface area contributed by atoms with Crippen molar-refractivity contribution in [2.24, 2.45) is 0 Å². The van der Waals surface area contributed by atoms with Crippen LogP contribution in [0.5, 0.6) is 0 Å². The van der Waals surface area contributed by atoms with Gasteiger partial charge in [-0.05, 0) is 25.1 Å². The lowest BCUT2D eigenvalue weighted by molar-refractivity contribution is 0.102. The second-order valence-corrected chi connectivity index (χ2v) is 4.15. The zero-order valence-electron chi connectivity index (χ0n) is 10.5. The first-order valence-corrected chi connectivity index (χ1v) is 5.71. The number of hydrogen-bond acceptors (Lipinski definition) is 3. The summed E-state index contributed by atoms with van der Waals surface area (Å²) < 4.78 is 13.0. The van der Waals surface area contributed by atoms with Crippen molar-refractivity contribution in [1.29, 1.82) is 5.26 Å². The molecule has 1 amide bonds. The predicted molar refractivity (Wildman–Crippen MR) is 70.9 cm³/mol. The van der Waals surface area contributed by atoms with Crippen LogP contribution in [-0.4, -0.2) is 10.9 Å². The summed E-state index contributed by atoms with van der Waals surface area (Å²) in [7, 11) is 0. The number of pyridine rings is 1. The minimum atomic E-state index is -0.658. The molecule has 0 aliphatic rings. The first kappa shape index (κ1) is 13.5. The minimum Gasteiger partial charge on any atom is -0.364 e. The number of aromatic amines is 1. The maximum atomic E-state index is 13.0. The molecule has 0 aliphatic heterocycles. The number of anilines is 1. The first-order chi connectivity index (χ1) is 9.51. The van der Waals surface area contributed by atoms with E-state index in [1.165, 1.54) is 18.3 Å². The molecule has 1 aromatic carbocycles. The summed E-state index contributed by atoms with van der Waals surface area (Å²) in [6.45, 7) is 1.69. The molecule has 1 aromatic heterocycles. The lowest BCUT2D eigenvalue weighted by Gasteiger charge is -2.06. The average Bonchev–Trinajstić information content (AvgIpc) is 2.40. The summed E-state index contributed by atoms with van der Waals surface area (Å²) in [5, 5.41) is 11.3. The van der Waals surface area contributed by atoms with E-state index in [-0.39, 0.29) is 16.8 Å². The molecule has 1 heterocycles. The fourth-order valence-electron chi connectivity index (χ4n) is 1.66. The standard InChI is InChI=1S/C14H10FN3O2/c1-8-4-13(19)11(7-17-8)14(20)18-12-3-2-10(15)5-9(12)6-16/h2-5,7H,1H3,(H,17,19)(H,18,20). The van der Waals surface area contributed by atoms with Crippen LogP contribution in [-0.2, 0) is 0 Å². The molecule has 0 bridgehead atoms. The Balaban J connectivity index is 2.33. The molecule has 0 unspecified atom stereocenters. The average molecular weight is 271 g/mol. The van der Waals surface area contributed by atoms with E-state index < -0.39 is 17.2 Å². The highest BCUT2D eigenvalue weighted by Gasteiger charge is 2.13. The van der Waals surface area contributed by atoms with Crippen molar-refractivity contribution in [1.82, 2.24) is 4.98 Å². The third-order valence-electron chi connectivity index (χ3n) is 2.65. The van der Waals surface area contributed by atoms with Gasteiger partial charge in [0.05, 0.1) is 11.3 Å². The van der Waals surface area contributed by atoms with Crippen LogP contribution in [0, 0.1) is 24.1 Å². The molecule has 0 radical (unpaired) electrons. The Morgan fingerprint density at radius 2 is 2.15 bits per heavy atom. The fraction of sp³-hybridized carbons (Fsp3) is 0.0714. The summed E-state index contributed by atoms with van der Waals surface area (Å²) >= 11 is 0. The van der Waals surface area contributed by atoms with Gasteiger partial charge in [-0.2, -0.15) is 5.26 Å². The van der Waals surface area contributed by atoms with Gasteiger partial charge < -0.3 is 10.3 Å². The molecule has 0 saturated heterocycles. The van der Waals surface area contributed by atoms with E-state index in [2.05, 4.69) is 10.3 Å². The third-order valence-corrected chi connectivity index (χ3v) is 2.65. The molecule has 2 rings (SSSR count). The van der Waals surface area contributed by atoms with Gasteiger partial charge in [-0.1, -0.05) is 0 Å². The lowest BCUT2D eigenvalue weighted by atomic mass is 10.1. The van der Waals surface area contributed by atoms with Crippen molar-refractivity contribution in [2.45, 2.75) is 6.92 Å². The molecule has 0 fully saturated rings.